The summed E-state index contributed by atoms with van der Waals surface area (Å²) in [5, 5.41) is 3.98. The molecule has 0 bridgehead atoms. The molecule has 4 rings (SSSR count). The second-order valence-electron chi connectivity index (χ2n) is 6.68. The molecule has 0 spiro atoms. The molecular formula is C22H19ClN4O2S2. The van der Waals surface area contributed by atoms with Gasteiger partial charge in [-0.2, -0.15) is 4.37 Å². The summed E-state index contributed by atoms with van der Waals surface area (Å²) in [6.07, 6.45) is 0. The lowest BCUT2D eigenvalue weighted by Crippen LogP contribution is -2.26. The van der Waals surface area contributed by atoms with Gasteiger partial charge in [-0.15, -0.1) is 0 Å². The Balaban J connectivity index is 1.56. The molecule has 2 aromatic carbocycles. The van der Waals surface area contributed by atoms with Gasteiger partial charge >= 0.3 is 0 Å². The second kappa shape index (κ2) is 9.64. The van der Waals surface area contributed by atoms with Crippen LogP contribution in [0.15, 0.2) is 64.5 Å². The molecule has 0 saturated heterocycles. The molecule has 1 N–H and O–H groups in total. The molecule has 31 heavy (non-hydrogen) atoms. The van der Waals surface area contributed by atoms with Crippen LogP contribution in [0.5, 0.6) is 0 Å². The molecule has 2 aromatic heterocycles. The largest absolute Gasteiger partial charge is 0.351 e. The maximum Gasteiger partial charge on any atom is 0.273 e. The fourth-order valence-electron chi connectivity index (χ4n) is 3.09. The number of benzene rings is 2. The first-order valence-corrected chi connectivity index (χ1v) is 11.8. The van der Waals surface area contributed by atoms with Gasteiger partial charge in [0.15, 0.2) is 5.16 Å². The van der Waals surface area contributed by atoms with Crippen molar-refractivity contribution in [3.63, 3.8) is 0 Å². The minimum atomic E-state index is -0.159. The number of halogens is 1. The van der Waals surface area contributed by atoms with Crippen LogP contribution in [0.1, 0.15) is 12.5 Å². The highest BCUT2D eigenvalue weighted by Crippen LogP contribution is 2.29. The number of rotatable bonds is 7. The summed E-state index contributed by atoms with van der Waals surface area (Å²) in [5.74, 6) is -0.0191. The molecule has 0 fully saturated rings. The SMILES string of the molecule is CCn1c(SCC(=O)NCc2ccccc2Cl)nc2c(-c3ccccc3)nsc2c1=O. The lowest BCUT2D eigenvalue weighted by molar-refractivity contribution is -0.118. The van der Waals surface area contributed by atoms with Gasteiger partial charge in [0.2, 0.25) is 5.91 Å². The van der Waals surface area contributed by atoms with Crippen LogP contribution in [-0.4, -0.2) is 25.6 Å². The van der Waals surface area contributed by atoms with E-state index in [1.54, 1.807) is 10.6 Å². The van der Waals surface area contributed by atoms with Crippen molar-refractivity contribution < 1.29 is 4.79 Å². The van der Waals surface area contributed by atoms with Gasteiger partial charge in [0, 0.05) is 23.7 Å². The third kappa shape index (κ3) is 4.66. The zero-order chi connectivity index (χ0) is 21.8. The van der Waals surface area contributed by atoms with Gasteiger partial charge in [-0.1, -0.05) is 71.9 Å². The van der Waals surface area contributed by atoms with E-state index in [9.17, 15) is 9.59 Å². The maximum absolute atomic E-state index is 13.0. The van der Waals surface area contributed by atoms with Crippen molar-refractivity contribution in [3.8, 4) is 11.3 Å². The monoisotopic (exact) mass is 470 g/mol. The Kier molecular flexibility index (Phi) is 6.70. The van der Waals surface area contributed by atoms with E-state index in [0.717, 1.165) is 22.7 Å². The van der Waals surface area contributed by atoms with Crippen molar-refractivity contribution in [3.05, 3.63) is 75.5 Å². The number of aromatic nitrogens is 3. The van der Waals surface area contributed by atoms with E-state index in [-0.39, 0.29) is 17.2 Å². The zero-order valence-electron chi connectivity index (χ0n) is 16.7. The number of nitrogens with one attached hydrogen (secondary N) is 1. The minimum absolute atomic E-state index is 0.133. The van der Waals surface area contributed by atoms with E-state index in [4.69, 9.17) is 16.6 Å². The average Bonchev–Trinajstić information content (AvgIpc) is 3.22. The summed E-state index contributed by atoms with van der Waals surface area (Å²) in [4.78, 5) is 30.1. The Morgan fingerprint density at radius 2 is 1.90 bits per heavy atom. The van der Waals surface area contributed by atoms with E-state index >= 15 is 0 Å². The van der Waals surface area contributed by atoms with Gasteiger partial charge in [0.1, 0.15) is 15.9 Å². The number of fused-ring (bicyclic) bond motifs is 1. The molecule has 4 aromatic rings. The van der Waals surface area contributed by atoms with Gasteiger partial charge in [-0.05, 0) is 30.1 Å². The van der Waals surface area contributed by atoms with Crippen LogP contribution >= 0.6 is 34.9 Å². The fourth-order valence-corrected chi connectivity index (χ4v) is 4.97. The van der Waals surface area contributed by atoms with Crippen LogP contribution in [-0.2, 0) is 17.9 Å². The third-order valence-electron chi connectivity index (χ3n) is 4.68. The highest BCUT2D eigenvalue weighted by molar-refractivity contribution is 7.99. The number of thioether (sulfide) groups is 1. The summed E-state index contributed by atoms with van der Waals surface area (Å²) < 4.78 is 6.58. The van der Waals surface area contributed by atoms with Gasteiger partial charge < -0.3 is 5.32 Å². The number of nitrogens with zero attached hydrogens (tertiary/aromatic N) is 3. The number of carbonyl (C=O) groups is 1. The molecule has 0 aliphatic carbocycles. The zero-order valence-corrected chi connectivity index (χ0v) is 19.1. The quantitative estimate of drug-likeness (QED) is 0.315. The number of hydrogen-bond donors (Lipinski definition) is 1. The second-order valence-corrected chi connectivity index (χ2v) is 8.80. The molecule has 0 radical (unpaired) electrons. The molecule has 0 saturated carbocycles. The van der Waals surface area contributed by atoms with Gasteiger partial charge in [-0.3, -0.25) is 14.2 Å². The topological polar surface area (TPSA) is 76.9 Å². The summed E-state index contributed by atoms with van der Waals surface area (Å²) in [6, 6.07) is 17.0. The molecule has 9 heteroatoms. The Labute approximate surface area is 192 Å². The lowest BCUT2D eigenvalue weighted by atomic mass is 10.1. The number of amides is 1. The summed E-state index contributed by atoms with van der Waals surface area (Å²) in [5.41, 5.74) is 2.88. The van der Waals surface area contributed by atoms with Crippen LogP contribution in [0.25, 0.3) is 21.5 Å². The molecular weight excluding hydrogens is 452 g/mol. The molecule has 1 amide bonds. The van der Waals surface area contributed by atoms with Crippen molar-refractivity contribution in [1.29, 1.82) is 0 Å². The summed E-state index contributed by atoms with van der Waals surface area (Å²) >= 11 is 8.54. The predicted molar refractivity (Wildman–Crippen MR) is 127 cm³/mol. The van der Waals surface area contributed by atoms with Crippen molar-refractivity contribution in [2.75, 3.05) is 5.75 Å². The van der Waals surface area contributed by atoms with Crippen molar-refractivity contribution in [2.24, 2.45) is 0 Å². The highest BCUT2D eigenvalue weighted by Gasteiger charge is 2.18. The first-order chi connectivity index (χ1) is 15.1. The Bertz CT molecular complexity index is 1290. The molecule has 0 aliphatic rings. The number of hydrogen-bond acceptors (Lipinski definition) is 6. The van der Waals surface area contributed by atoms with Crippen LogP contribution in [0, 0.1) is 0 Å². The Morgan fingerprint density at radius 3 is 2.65 bits per heavy atom. The van der Waals surface area contributed by atoms with Crippen molar-refractivity contribution in [1.82, 2.24) is 19.2 Å². The van der Waals surface area contributed by atoms with E-state index in [0.29, 0.717) is 39.2 Å². The van der Waals surface area contributed by atoms with Crippen molar-refractivity contribution >= 4 is 51.0 Å². The van der Waals surface area contributed by atoms with Gasteiger partial charge in [0.25, 0.3) is 5.56 Å². The fraction of sp³-hybridized carbons (Fsp3) is 0.182. The molecule has 6 nitrogen and oxygen atoms in total. The molecule has 2 heterocycles. The normalized spacial score (nSPS) is 11.0. The van der Waals surface area contributed by atoms with E-state index in [1.807, 2.05) is 55.5 Å². The smallest absolute Gasteiger partial charge is 0.273 e. The van der Waals surface area contributed by atoms with E-state index in [1.165, 1.54) is 11.8 Å². The standard InChI is InChI=1S/C22H19ClN4O2S2/c1-2-27-21(29)20-19(18(26-31-20)14-8-4-3-5-9-14)25-22(27)30-13-17(28)24-12-15-10-6-7-11-16(15)23/h3-11H,2,12-13H2,1H3,(H,24,28). The minimum Gasteiger partial charge on any atom is -0.351 e. The molecule has 158 valence electrons. The van der Waals surface area contributed by atoms with E-state index in [2.05, 4.69) is 9.69 Å². The Morgan fingerprint density at radius 1 is 1.16 bits per heavy atom. The molecule has 0 unspecified atom stereocenters. The third-order valence-corrected chi connectivity index (χ3v) is 6.84. The van der Waals surface area contributed by atoms with Crippen LogP contribution < -0.4 is 10.9 Å². The van der Waals surface area contributed by atoms with Gasteiger partial charge in [-0.25, -0.2) is 4.98 Å². The first kappa shape index (κ1) is 21.5. The molecule has 0 aliphatic heterocycles. The van der Waals surface area contributed by atoms with Crippen LogP contribution in [0.2, 0.25) is 5.02 Å². The van der Waals surface area contributed by atoms with Crippen LogP contribution in [0.3, 0.4) is 0 Å². The average molecular weight is 471 g/mol. The highest BCUT2D eigenvalue weighted by atomic mass is 35.5. The number of carbonyl (C=O) groups excluding carboxylic acids is 1. The predicted octanol–water partition coefficient (Wildman–Crippen LogP) is 4.60. The lowest BCUT2D eigenvalue weighted by Gasteiger charge is -2.10. The van der Waals surface area contributed by atoms with Gasteiger partial charge in [0.05, 0.1) is 5.75 Å². The Hall–Kier alpha value is -2.68. The molecule has 0 atom stereocenters. The summed E-state index contributed by atoms with van der Waals surface area (Å²) in [7, 11) is 0. The first-order valence-electron chi connectivity index (χ1n) is 9.67. The summed E-state index contributed by atoms with van der Waals surface area (Å²) in [6.45, 7) is 2.69. The van der Waals surface area contributed by atoms with Crippen molar-refractivity contribution in [2.45, 2.75) is 25.2 Å². The van der Waals surface area contributed by atoms with E-state index < -0.39 is 0 Å². The maximum atomic E-state index is 13.0. The van der Waals surface area contributed by atoms with Crippen LogP contribution in [0.4, 0.5) is 0 Å².